The van der Waals surface area contributed by atoms with E-state index in [1.54, 1.807) is 0 Å². The fourth-order valence-electron chi connectivity index (χ4n) is 3.01. The van der Waals surface area contributed by atoms with E-state index in [-0.39, 0.29) is 0 Å². The van der Waals surface area contributed by atoms with E-state index in [9.17, 15) is 13.0 Å². The minimum absolute atomic E-state index is 0.581. The van der Waals surface area contributed by atoms with E-state index >= 15 is 0 Å². The van der Waals surface area contributed by atoms with Gasteiger partial charge in [-0.2, -0.15) is 8.42 Å². The molecule has 0 atom stereocenters. The van der Waals surface area contributed by atoms with Crippen LogP contribution in [0.25, 0.3) is 0 Å². The first-order chi connectivity index (χ1) is 12.2. The molecule has 0 aliphatic heterocycles. The number of ether oxygens (including phenoxy) is 1. The highest BCUT2D eigenvalue weighted by Gasteiger charge is 2.35. The van der Waals surface area contributed by atoms with Crippen LogP contribution in [0.5, 0.6) is 5.75 Å². The van der Waals surface area contributed by atoms with Gasteiger partial charge in [-0.05, 0) is 56.7 Å². The summed E-state index contributed by atoms with van der Waals surface area (Å²) in [5.74, 6) is 0.581. The number of aryl methyl sites for hydroxylation is 1. The Balaban J connectivity index is 3.02. The lowest BCUT2D eigenvalue weighted by Crippen LogP contribution is -2.38. The van der Waals surface area contributed by atoms with Crippen LogP contribution in [0.3, 0.4) is 0 Å². The van der Waals surface area contributed by atoms with Gasteiger partial charge in [-0.15, -0.1) is 0 Å². The van der Waals surface area contributed by atoms with Gasteiger partial charge >= 0.3 is 10.1 Å². The topological polar surface area (TPSA) is 63.6 Å². The van der Waals surface area contributed by atoms with Crippen molar-refractivity contribution in [2.75, 3.05) is 0 Å². The van der Waals surface area contributed by atoms with Crippen LogP contribution in [0.15, 0.2) is 18.2 Å². The number of hydrogen-bond donors (Lipinski definition) is 1. The number of hydrogen-bond acceptors (Lipinski definition) is 3. The smallest absolute Gasteiger partial charge is 0.305 e. The molecule has 0 amide bonds. The second kappa shape index (κ2) is 10.9. The van der Waals surface area contributed by atoms with Gasteiger partial charge < -0.3 is 4.74 Å². The summed E-state index contributed by atoms with van der Waals surface area (Å²) in [5, 5.41) is 0. The molecule has 0 radical (unpaired) electrons. The Kier molecular flexibility index (Phi) is 9.66. The van der Waals surface area contributed by atoms with Crippen LogP contribution < -0.4 is 4.74 Å². The van der Waals surface area contributed by atoms with Gasteiger partial charge in [-0.3, -0.25) is 4.55 Å². The molecule has 5 heteroatoms. The van der Waals surface area contributed by atoms with Gasteiger partial charge in [-0.1, -0.05) is 64.5 Å². The van der Waals surface area contributed by atoms with Crippen LogP contribution in [0.2, 0.25) is 0 Å². The predicted octanol–water partition coefficient (Wildman–Crippen LogP) is 5.93. The Morgan fingerprint density at radius 1 is 0.923 bits per heavy atom. The molecule has 0 fully saturated rings. The first kappa shape index (κ1) is 23.0. The molecule has 0 spiro atoms. The number of rotatable bonds is 13. The highest BCUT2D eigenvalue weighted by atomic mass is 32.2. The molecule has 1 aromatic carbocycles. The van der Waals surface area contributed by atoms with E-state index in [4.69, 9.17) is 4.74 Å². The van der Waals surface area contributed by atoms with Gasteiger partial charge in [0.15, 0.2) is 0 Å². The van der Waals surface area contributed by atoms with E-state index in [1.165, 1.54) is 51.5 Å². The van der Waals surface area contributed by atoms with Crippen molar-refractivity contribution >= 4 is 10.1 Å². The average Bonchev–Trinajstić information content (AvgIpc) is 2.56. The van der Waals surface area contributed by atoms with Crippen LogP contribution in [0.1, 0.15) is 90.2 Å². The molecular weight excluding hydrogens is 348 g/mol. The maximum absolute atomic E-state index is 11.6. The molecule has 4 nitrogen and oxygen atoms in total. The van der Waals surface area contributed by atoms with Crippen LogP contribution in [0.4, 0.5) is 0 Å². The highest BCUT2D eigenvalue weighted by molar-refractivity contribution is 7.87. The molecule has 0 saturated carbocycles. The molecule has 1 aromatic rings. The molecule has 1 N–H and O–H groups in total. The molecule has 1 rings (SSSR count). The van der Waals surface area contributed by atoms with Crippen molar-refractivity contribution in [2.45, 2.75) is 96.8 Å². The van der Waals surface area contributed by atoms with Crippen molar-refractivity contribution in [1.29, 1.82) is 0 Å². The summed E-state index contributed by atoms with van der Waals surface area (Å²) in [6.45, 7) is 7.16. The van der Waals surface area contributed by atoms with Crippen molar-refractivity contribution in [2.24, 2.45) is 0 Å². The quantitative estimate of drug-likeness (QED) is 0.338. The van der Waals surface area contributed by atoms with E-state index < -0.39 is 15.1 Å². The third kappa shape index (κ3) is 7.28. The average molecular weight is 385 g/mol. The molecule has 26 heavy (non-hydrogen) atoms. The lowest BCUT2D eigenvalue weighted by Gasteiger charge is -2.25. The second-order valence-corrected chi connectivity index (χ2v) is 9.43. The maximum atomic E-state index is 11.6. The van der Waals surface area contributed by atoms with Crippen LogP contribution in [-0.2, 0) is 23.0 Å². The molecule has 150 valence electrons. The van der Waals surface area contributed by atoms with E-state index in [0.29, 0.717) is 5.75 Å². The molecule has 0 aromatic heterocycles. The predicted molar refractivity (Wildman–Crippen MR) is 108 cm³/mol. The zero-order valence-electron chi connectivity index (χ0n) is 16.9. The fraction of sp³-hybridized carbons (Fsp3) is 0.714. The fourth-order valence-corrected chi connectivity index (χ4v) is 3.21. The Bertz CT molecular complexity index is 635. The highest BCUT2D eigenvalue weighted by Crippen LogP contribution is 2.31. The Morgan fingerprint density at radius 2 is 1.50 bits per heavy atom. The largest absolute Gasteiger partial charge is 0.469 e. The van der Waals surface area contributed by atoms with Crippen molar-refractivity contribution in [3.05, 3.63) is 29.3 Å². The maximum Gasteiger partial charge on any atom is 0.305 e. The van der Waals surface area contributed by atoms with Gasteiger partial charge in [0.05, 0.1) is 0 Å². The van der Waals surface area contributed by atoms with Gasteiger partial charge in [0.25, 0.3) is 0 Å². The standard InChI is InChI=1S/C21H36O4S/c1-5-7-9-11-14-18-15-13-17-20(19(18)16-12-10-8-6-2)25-21(3,4)26(22,23)24/h13,15,17H,5-12,14,16H2,1-4H3,(H,22,23,24). The van der Waals surface area contributed by atoms with Crippen LogP contribution >= 0.6 is 0 Å². The third-order valence-corrected chi connectivity index (χ3v) is 6.11. The summed E-state index contributed by atoms with van der Waals surface area (Å²) in [4.78, 5) is -1.66. The Hall–Kier alpha value is -1.07. The van der Waals surface area contributed by atoms with E-state index in [2.05, 4.69) is 19.9 Å². The van der Waals surface area contributed by atoms with Crippen molar-refractivity contribution in [1.82, 2.24) is 0 Å². The van der Waals surface area contributed by atoms with Crippen LogP contribution in [0, 0.1) is 0 Å². The molecule has 0 saturated heterocycles. The lowest BCUT2D eigenvalue weighted by atomic mass is 9.95. The van der Waals surface area contributed by atoms with Gasteiger partial charge in [0, 0.05) is 0 Å². The summed E-state index contributed by atoms with van der Waals surface area (Å²) >= 11 is 0. The lowest BCUT2D eigenvalue weighted by molar-refractivity contribution is 0.176. The molecule has 0 bridgehead atoms. The summed E-state index contributed by atoms with van der Waals surface area (Å²) in [6.07, 6.45) is 11.2. The number of benzene rings is 1. The van der Waals surface area contributed by atoms with Crippen LogP contribution in [-0.4, -0.2) is 17.9 Å². The molecular formula is C21H36O4S. The molecule has 0 unspecified atom stereocenters. The van der Waals surface area contributed by atoms with Gasteiger partial charge in [-0.25, -0.2) is 0 Å². The summed E-state index contributed by atoms with van der Waals surface area (Å²) in [5.41, 5.74) is 2.33. The van der Waals surface area contributed by atoms with Crippen molar-refractivity contribution in [3.8, 4) is 5.75 Å². The number of unbranched alkanes of at least 4 members (excludes halogenated alkanes) is 6. The SMILES string of the molecule is CCCCCCc1cccc(OC(C)(C)S(=O)(=O)O)c1CCCCCC. The summed E-state index contributed by atoms with van der Waals surface area (Å²) in [6, 6.07) is 5.85. The Morgan fingerprint density at radius 3 is 2.04 bits per heavy atom. The zero-order chi connectivity index (χ0) is 19.6. The first-order valence-corrected chi connectivity index (χ1v) is 11.4. The second-order valence-electron chi connectivity index (χ2n) is 7.49. The third-order valence-electron chi connectivity index (χ3n) is 4.79. The summed E-state index contributed by atoms with van der Waals surface area (Å²) < 4.78 is 38.5. The summed E-state index contributed by atoms with van der Waals surface area (Å²) in [7, 11) is -4.31. The minimum Gasteiger partial charge on any atom is -0.469 e. The molecule has 0 heterocycles. The van der Waals surface area contributed by atoms with Crippen molar-refractivity contribution in [3.63, 3.8) is 0 Å². The van der Waals surface area contributed by atoms with Gasteiger partial charge in [0.1, 0.15) is 5.75 Å². The van der Waals surface area contributed by atoms with Crippen molar-refractivity contribution < 1.29 is 17.7 Å². The minimum atomic E-state index is -4.31. The van der Waals surface area contributed by atoms with E-state index in [1.807, 2.05) is 12.1 Å². The Labute approximate surface area is 160 Å². The van der Waals surface area contributed by atoms with E-state index in [0.717, 1.165) is 37.7 Å². The first-order valence-electron chi connectivity index (χ1n) is 9.99. The normalized spacial score (nSPS) is 12.3. The van der Waals surface area contributed by atoms with Gasteiger partial charge in [0.2, 0.25) is 4.93 Å². The monoisotopic (exact) mass is 384 g/mol. The zero-order valence-corrected chi connectivity index (χ0v) is 17.7. The molecule has 0 aliphatic carbocycles. The molecule has 0 aliphatic rings.